The number of thioether (sulfide) groups is 1. The normalized spacial score (nSPS) is 16.4. The summed E-state index contributed by atoms with van der Waals surface area (Å²) in [7, 11) is 1.65. The Morgan fingerprint density at radius 3 is 2.77 bits per heavy atom. The van der Waals surface area contributed by atoms with Gasteiger partial charge < -0.3 is 10.1 Å². The number of carbonyl (C=O) groups is 1. The zero-order valence-electron chi connectivity index (χ0n) is 12.3. The van der Waals surface area contributed by atoms with E-state index in [1.165, 1.54) is 0 Å². The average molecular weight is 315 g/mol. The molecule has 1 aromatic carbocycles. The van der Waals surface area contributed by atoms with Crippen molar-refractivity contribution in [3.05, 3.63) is 35.5 Å². The van der Waals surface area contributed by atoms with Crippen molar-refractivity contribution in [2.75, 3.05) is 12.4 Å². The molecule has 6 heteroatoms. The molecular formula is C16H17N3O2S. The number of benzene rings is 1. The van der Waals surface area contributed by atoms with E-state index in [9.17, 15) is 4.79 Å². The molecule has 0 atom stereocenters. The van der Waals surface area contributed by atoms with Crippen molar-refractivity contribution in [3.63, 3.8) is 0 Å². The first-order valence-electron chi connectivity index (χ1n) is 7.40. The van der Waals surface area contributed by atoms with Gasteiger partial charge in [0, 0.05) is 23.0 Å². The highest BCUT2D eigenvalue weighted by Gasteiger charge is 2.32. The van der Waals surface area contributed by atoms with E-state index in [2.05, 4.69) is 10.4 Å². The lowest BCUT2D eigenvalue weighted by atomic mass is 10.2. The third-order valence-corrected chi connectivity index (χ3v) is 5.03. The van der Waals surface area contributed by atoms with Gasteiger partial charge >= 0.3 is 0 Å². The molecule has 5 nitrogen and oxygen atoms in total. The van der Waals surface area contributed by atoms with E-state index in [-0.39, 0.29) is 11.8 Å². The highest BCUT2D eigenvalue weighted by Crippen LogP contribution is 2.37. The van der Waals surface area contributed by atoms with Gasteiger partial charge in [0.25, 0.3) is 0 Å². The number of methoxy groups -OCH3 is 1. The highest BCUT2D eigenvalue weighted by molar-refractivity contribution is 7.98. The summed E-state index contributed by atoms with van der Waals surface area (Å²) in [6.45, 7) is 0. The minimum atomic E-state index is 0.120. The molecule has 22 heavy (non-hydrogen) atoms. The maximum atomic E-state index is 12.2. The zero-order valence-corrected chi connectivity index (χ0v) is 13.2. The smallest absolute Gasteiger partial charge is 0.228 e. The summed E-state index contributed by atoms with van der Waals surface area (Å²) in [6.07, 6.45) is 2.00. The van der Waals surface area contributed by atoms with Crippen LogP contribution < -0.4 is 10.1 Å². The first-order chi connectivity index (χ1) is 10.8. The Morgan fingerprint density at radius 2 is 2.09 bits per heavy atom. The number of carbonyl (C=O) groups excluding carboxylic acids is 1. The molecule has 1 aliphatic carbocycles. The fourth-order valence-electron chi connectivity index (χ4n) is 2.62. The molecule has 1 N–H and O–H groups in total. The first kappa shape index (κ1) is 13.7. The highest BCUT2D eigenvalue weighted by atomic mass is 32.2. The van der Waals surface area contributed by atoms with Gasteiger partial charge in [-0.05, 0) is 37.1 Å². The van der Waals surface area contributed by atoms with Gasteiger partial charge in [-0.3, -0.25) is 4.79 Å². The number of fused-ring (bicyclic) bond motifs is 1. The number of rotatable bonds is 4. The SMILES string of the molecule is COc1ccc(-n2nc3c(c2NC(=O)C2CC2)CSC3)cc1. The molecule has 2 heterocycles. The van der Waals surface area contributed by atoms with Crippen molar-refractivity contribution < 1.29 is 9.53 Å². The van der Waals surface area contributed by atoms with Crippen LogP contribution in [0.2, 0.25) is 0 Å². The van der Waals surface area contributed by atoms with Gasteiger partial charge in [0.2, 0.25) is 5.91 Å². The Balaban J connectivity index is 1.72. The maximum Gasteiger partial charge on any atom is 0.228 e. The summed E-state index contributed by atoms with van der Waals surface area (Å²) in [5.74, 6) is 3.76. The van der Waals surface area contributed by atoms with E-state index in [1.807, 2.05) is 40.7 Å². The average Bonchev–Trinajstić information content (AvgIpc) is 3.21. The summed E-state index contributed by atoms with van der Waals surface area (Å²) < 4.78 is 7.05. The number of nitrogens with one attached hydrogen (secondary N) is 1. The van der Waals surface area contributed by atoms with Crippen LogP contribution in [0.25, 0.3) is 5.69 Å². The number of hydrogen-bond donors (Lipinski definition) is 1. The third-order valence-electron chi connectivity index (χ3n) is 4.06. The van der Waals surface area contributed by atoms with Crippen LogP contribution in [0.5, 0.6) is 5.75 Å². The molecule has 1 aliphatic heterocycles. The molecule has 114 valence electrons. The molecule has 0 saturated heterocycles. The molecule has 0 unspecified atom stereocenters. The van der Waals surface area contributed by atoms with E-state index in [4.69, 9.17) is 4.74 Å². The molecule has 1 aromatic heterocycles. The molecule has 0 radical (unpaired) electrons. The van der Waals surface area contributed by atoms with E-state index < -0.39 is 0 Å². The minimum Gasteiger partial charge on any atom is -0.497 e. The van der Waals surface area contributed by atoms with Crippen molar-refractivity contribution >= 4 is 23.5 Å². The van der Waals surface area contributed by atoms with Crippen LogP contribution in [-0.4, -0.2) is 22.8 Å². The van der Waals surface area contributed by atoms with E-state index in [1.54, 1.807) is 7.11 Å². The molecule has 0 spiro atoms. The van der Waals surface area contributed by atoms with Crippen molar-refractivity contribution in [2.24, 2.45) is 5.92 Å². The van der Waals surface area contributed by atoms with Crippen molar-refractivity contribution in [1.82, 2.24) is 9.78 Å². The number of aromatic nitrogens is 2. The second-order valence-corrected chi connectivity index (χ2v) is 6.63. The zero-order chi connectivity index (χ0) is 15.1. The second-order valence-electron chi connectivity index (χ2n) is 5.64. The first-order valence-corrected chi connectivity index (χ1v) is 8.55. The third kappa shape index (κ3) is 2.37. The van der Waals surface area contributed by atoms with Gasteiger partial charge in [-0.2, -0.15) is 16.9 Å². The molecule has 0 bridgehead atoms. The van der Waals surface area contributed by atoms with Crippen LogP contribution in [0.15, 0.2) is 24.3 Å². The van der Waals surface area contributed by atoms with Gasteiger partial charge in [0.05, 0.1) is 18.5 Å². The lowest BCUT2D eigenvalue weighted by Crippen LogP contribution is -2.17. The van der Waals surface area contributed by atoms with Crippen LogP contribution in [-0.2, 0) is 16.3 Å². The van der Waals surface area contributed by atoms with Gasteiger partial charge in [-0.25, -0.2) is 4.68 Å². The summed E-state index contributed by atoms with van der Waals surface area (Å²) in [5, 5.41) is 7.79. The summed E-state index contributed by atoms with van der Waals surface area (Å²) >= 11 is 1.84. The monoisotopic (exact) mass is 315 g/mol. The van der Waals surface area contributed by atoms with E-state index >= 15 is 0 Å². The Kier molecular flexibility index (Phi) is 3.33. The largest absolute Gasteiger partial charge is 0.497 e. The van der Waals surface area contributed by atoms with Crippen molar-refractivity contribution in [1.29, 1.82) is 0 Å². The predicted octanol–water partition coefficient (Wildman–Crippen LogP) is 2.98. The Bertz CT molecular complexity index is 720. The fourth-order valence-corrected chi connectivity index (χ4v) is 3.65. The summed E-state index contributed by atoms with van der Waals surface area (Å²) in [4.78, 5) is 12.2. The topological polar surface area (TPSA) is 56.1 Å². The molecule has 1 amide bonds. The molecule has 2 aromatic rings. The molecule has 1 fully saturated rings. The van der Waals surface area contributed by atoms with Crippen LogP contribution in [0.1, 0.15) is 24.1 Å². The van der Waals surface area contributed by atoms with Crippen molar-refractivity contribution in [2.45, 2.75) is 24.3 Å². The number of nitrogens with zero attached hydrogens (tertiary/aromatic N) is 2. The van der Waals surface area contributed by atoms with Crippen LogP contribution in [0, 0.1) is 5.92 Å². The molecular weight excluding hydrogens is 298 g/mol. The van der Waals surface area contributed by atoms with Crippen LogP contribution in [0.3, 0.4) is 0 Å². The maximum absolute atomic E-state index is 12.2. The summed E-state index contributed by atoms with van der Waals surface area (Å²) in [6, 6.07) is 7.73. The van der Waals surface area contributed by atoms with Gasteiger partial charge in [0.1, 0.15) is 11.6 Å². The lowest BCUT2D eigenvalue weighted by Gasteiger charge is -2.11. The molecule has 1 saturated carbocycles. The van der Waals surface area contributed by atoms with Crippen molar-refractivity contribution in [3.8, 4) is 11.4 Å². The minimum absolute atomic E-state index is 0.120. The van der Waals surface area contributed by atoms with Crippen LogP contribution >= 0.6 is 11.8 Å². The van der Waals surface area contributed by atoms with Gasteiger partial charge in [-0.1, -0.05) is 0 Å². The number of anilines is 1. The number of ether oxygens (including phenoxy) is 1. The molecule has 2 aliphatic rings. The Hall–Kier alpha value is -1.95. The second kappa shape index (κ2) is 5.35. The number of amides is 1. The predicted molar refractivity (Wildman–Crippen MR) is 86.5 cm³/mol. The Labute approximate surface area is 133 Å². The fraction of sp³-hybridized carbons (Fsp3) is 0.375. The lowest BCUT2D eigenvalue weighted by molar-refractivity contribution is -0.117. The van der Waals surface area contributed by atoms with Gasteiger partial charge in [0.15, 0.2) is 0 Å². The van der Waals surface area contributed by atoms with Crippen LogP contribution in [0.4, 0.5) is 5.82 Å². The van der Waals surface area contributed by atoms with E-state index in [0.29, 0.717) is 0 Å². The van der Waals surface area contributed by atoms with E-state index in [0.717, 1.165) is 52.9 Å². The molecule has 4 rings (SSSR count). The summed E-state index contributed by atoms with van der Waals surface area (Å²) in [5.41, 5.74) is 3.17. The quantitative estimate of drug-likeness (QED) is 0.942. The Morgan fingerprint density at radius 1 is 1.32 bits per heavy atom. The van der Waals surface area contributed by atoms with Gasteiger partial charge in [-0.15, -0.1) is 0 Å². The number of hydrogen-bond acceptors (Lipinski definition) is 4. The standard InChI is InChI=1S/C16H17N3O2S/c1-21-12-6-4-11(5-7-12)19-15(17-16(20)10-2-3-10)13-8-22-9-14(13)18-19/h4-7,10H,2-3,8-9H2,1H3,(H,17,20).